The first-order valence-electron chi connectivity index (χ1n) is 8.95. The normalized spacial score (nSPS) is 12.3. The monoisotopic (exact) mass is 363 g/mol. The molecule has 0 aromatic heterocycles. The van der Waals surface area contributed by atoms with E-state index in [4.69, 9.17) is 4.74 Å². The zero-order chi connectivity index (χ0) is 19.6. The third-order valence-corrected chi connectivity index (χ3v) is 3.63. The summed E-state index contributed by atoms with van der Waals surface area (Å²) in [5, 5.41) is 11.8. The van der Waals surface area contributed by atoms with Gasteiger partial charge in [-0.1, -0.05) is 43.2 Å². The molecule has 1 aromatic carbocycles. The lowest BCUT2D eigenvalue weighted by Gasteiger charge is -2.19. The predicted molar refractivity (Wildman–Crippen MR) is 98.6 cm³/mol. The summed E-state index contributed by atoms with van der Waals surface area (Å²) in [5.74, 6) is -1.60. The minimum absolute atomic E-state index is 0.156. The molecule has 1 amide bonds. The molecule has 0 bridgehead atoms. The second-order valence-corrected chi connectivity index (χ2v) is 7.31. The van der Waals surface area contributed by atoms with Gasteiger partial charge in [0.1, 0.15) is 11.6 Å². The standard InChI is InChI=1S/C20H29NO5/c1-20(2,3)26-18(23)13-9-5-8-12-16(19(24)25)21-17(22)14-15-10-6-4-7-11-15/h4,6-7,10-11,16H,5,8-9,12-14H2,1-3H3,(H,21,22)(H,24,25). The zero-order valence-electron chi connectivity index (χ0n) is 15.8. The lowest BCUT2D eigenvalue weighted by Crippen LogP contribution is -2.41. The molecule has 1 rings (SSSR count). The van der Waals surface area contributed by atoms with Crippen LogP contribution in [0.15, 0.2) is 30.3 Å². The van der Waals surface area contributed by atoms with Crippen LogP contribution in [0.5, 0.6) is 0 Å². The van der Waals surface area contributed by atoms with Crippen molar-refractivity contribution < 1.29 is 24.2 Å². The summed E-state index contributed by atoms with van der Waals surface area (Å²) < 4.78 is 5.22. The largest absolute Gasteiger partial charge is 0.480 e. The molecule has 1 atom stereocenters. The first-order chi connectivity index (χ1) is 12.2. The van der Waals surface area contributed by atoms with Gasteiger partial charge in [0, 0.05) is 6.42 Å². The maximum atomic E-state index is 12.0. The number of benzene rings is 1. The fourth-order valence-corrected chi connectivity index (χ4v) is 2.47. The van der Waals surface area contributed by atoms with Gasteiger partial charge in [0.25, 0.3) is 0 Å². The van der Waals surface area contributed by atoms with Gasteiger partial charge in [-0.25, -0.2) is 4.79 Å². The average molecular weight is 363 g/mol. The van der Waals surface area contributed by atoms with Crippen molar-refractivity contribution in [2.24, 2.45) is 0 Å². The highest BCUT2D eigenvalue weighted by Gasteiger charge is 2.20. The van der Waals surface area contributed by atoms with E-state index in [2.05, 4.69) is 5.32 Å². The van der Waals surface area contributed by atoms with Crippen molar-refractivity contribution in [1.29, 1.82) is 0 Å². The van der Waals surface area contributed by atoms with Crippen LogP contribution in [-0.4, -0.2) is 34.6 Å². The van der Waals surface area contributed by atoms with E-state index in [1.54, 1.807) is 0 Å². The van der Waals surface area contributed by atoms with Gasteiger partial charge < -0.3 is 15.2 Å². The Kier molecular flexibility index (Phi) is 8.82. The lowest BCUT2D eigenvalue weighted by atomic mass is 10.1. The van der Waals surface area contributed by atoms with E-state index in [0.29, 0.717) is 32.1 Å². The van der Waals surface area contributed by atoms with E-state index < -0.39 is 17.6 Å². The number of carboxylic acid groups (broad SMARTS) is 1. The summed E-state index contributed by atoms with van der Waals surface area (Å²) in [5.41, 5.74) is 0.348. The van der Waals surface area contributed by atoms with E-state index in [1.807, 2.05) is 51.1 Å². The number of nitrogens with one attached hydrogen (secondary N) is 1. The van der Waals surface area contributed by atoms with Crippen LogP contribution >= 0.6 is 0 Å². The topological polar surface area (TPSA) is 92.7 Å². The van der Waals surface area contributed by atoms with Crippen molar-refractivity contribution in [2.75, 3.05) is 0 Å². The van der Waals surface area contributed by atoms with Crippen LogP contribution in [0.1, 0.15) is 58.4 Å². The Hall–Kier alpha value is -2.37. The van der Waals surface area contributed by atoms with E-state index in [9.17, 15) is 19.5 Å². The SMILES string of the molecule is CC(C)(C)OC(=O)CCCCCC(NC(=O)Cc1ccccc1)C(=O)O. The molecule has 6 nitrogen and oxygen atoms in total. The highest BCUT2D eigenvalue weighted by atomic mass is 16.6. The molecule has 2 N–H and O–H groups in total. The molecule has 0 radical (unpaired) electrons. The van der Waals surface area contributed by atoms with Crippen LogP contribution < -0.4 is 5.32 Å². The molecule has 1 unspecified atom stereocenters. The number of carboxylic acids is 1. The van der Waals surface area contributed by atoms with Crippen LogP contribution in [0.25, 0.3) is 0 Å². The Morgan fingerprint density at radius 1 is 1.08 bits per heavy atom. The van der Waals surface area contributed by atoms with E-state index in [1.165, 1.54) is 0 Å². The molecule has 6 heteroatoms. The molecule has 0 aliphatic carbocycles. The Labute approximate surface area is 154 Å². The smallest absolute Gasteiger partial charge is 0.326 e. The van der Waals surface area contributed by atoms with Crippen LogP contribution in [0.4, 0.5) is 0 Å². The number of ether oxygens (including phenoxy) is 1. The van der Waals surface area contributed by atoms with Crippen molar-refractivity contribution in [3.63, 3.8) is 0 Å². The number of esters is 1. The lowest BCUT2D eigenvalue weighted by molar-refractivity contribution is -0.155. The van der Waals surface area contributed by atoms with E-state index in [0.717, 1.165) is 5.56 Å². The van der Waals surface area contributed by atoms with Crippen LogP contribution in [0.2, 0.25) is 0 Å². The Morgan fingerprint density at radius 3 is 2.31 bits per heavy atom. The summed E-state index contributed by atoms with van der Waals surface area (Å²) in [6, 6.07) is 8.27. The molecular weight excluding hydrogens is 334 g/mol. The molecule has 26 heavy (non-hydrogen) atoms. The number of unbranched alkanes of at least 4 members (excludes halogenated alkanes) is 2. The Morgan fingerprint density at radius 2 is 1.73 bits per heavy atom. The van der Waals surface area contributed by atoms with Crippen molar-refractivity contribution in [2.45, 2.75) is 70.9 Å². The molecule has 0 aliphatic heterocycles. The molecule has 1 aromatic rings. The Balaban J connectivity index is 2.29. The van der Waals surface area contributed by atoms with Crippen molar-refractivity contribution in [1.82, 2.24) is 5.32 Å². The van der Waals surface area contributed by atoms with Gasteiger partial charge in [0.2, 0.25) is 5.91 Å². The van der Waals surface area contributed by atoms with Gasteiger partial charge in [-0.15, -0.1) is 0 Å². The van der Waals surface area contributed by atoms with Gasteiger partial charge in [-0.3, -0.25) is 9.59 Å². The van der Waals surface area contributed by atoms with E-state index >= 15 is 0 Å². The van der Waals surface area contributed by atoms with Gasteiger partial charge in [-0.05, 0) is 39.2 Å². The van der Waals surface area contributed by atoms with Crippen molar-refractivity contribution in [3.05, 3.63) is 35.9 Å². The molecule has 144 valence electrons. The fourth-order valence-electron chi connectivity index (χ4n) is 2.47. The zero-order valence-corrected chi connectivity index (χ0v) is 15.8. The van der Waals surface area contributed by atoms with E-state index in [-0.39, 0.29) is 18.3 Å². The van der Waals surface area contributed by atoms with Gasteiger partial charge in [-0.2, -0.15) is 0 Å². The number of hydrogen-bond donors (Lipinski definition) is 2. The number of aliphatic carboxylic acids is 1. The number of carbonyl (C=O) groups is 3. The number of amides is 1. The number of hydrogen-bond acceptors (Lipinski definition) is 4. The van der Waals surface area contributed by atoms with Gasteiger partial charge in [0.05, 0.1) is 6.42 Å². The number of carbonyl (C=O) groups excluding carboxylic acids is 2. The Bertz CT molecular complexity index is 592. The molecule has 0 saturated carbocycles. The highest BCUT2D eigenvalue weighted by Crippen LogP contribution is 2.12. The van der Waals surface area contributed by atoms with Crippen LogP contribution in [0.3, 0.4) is 0 Å². The molecule has 0 saturated heterocycles. The average Bonchev–Trinajstić information content (AvgIpc) is 2.52. The molecule has 0 fully saturated rings. The third kappa shape index (κ3) is 9.81. The fraction of sp³-hybridized carbons (Fsp3) is 0.550. The summed E-state index contributed by atoms with van der Waals surface area (Å²) in [4.78, 5) is 34.9. The third-order valence-electron chi connectivity index (χ3n) is 3.63. The van der Waals surface area contributed by atoms with Crippen LogP contribution in [-0.2, 0) is 25.5 Å². The first-order valence-corrected chi connectivity index (χ1v) is 8.95. The minimum Gasteiger partial charge on any atom is -0.480 e. The second kappa shape index (κ2) is 10.6. The molecular formula is C20H29NO5. The minimum atomic E-state index is -1.04. The molecule has 0 spiro atoms. The summed E-state index contributed by atoms with van der Waals surface area (Å²) in [6.07, 6.45) is 2.77. The highest BCUT2D eigenvalue weighted by molar-refractivity contribution is 5.84. The first kappa shape index (κ1) is 21.7. The summed E-state index contributed by atoms with van der Waals surface area (Å²) in [7, 11) is 0. The molecule has 0 heterocycles. The molecule has 0 aliphatic rings. The quantitative estimate of drug-likeness (QED) is 0.492. The maximum Gasteiger partial charge on any atom is 0.326 e. The van der Waals surface area contributed by atoms with Gasteiger partial charge in [0.15, 0.2) is 0 Å². The van der Waals surface area contributed by atoms with Crippen LogP contribution in [0, 0.1) is 0 Å². The number of rotatable bonds is 10. The predicted octanol–water partition coefficient (Wildman–Crippen LogP) is 3.09. The second-order valence-electron chi connectivity index (χ2n) is 7.31. The maximum absolute atomic E-state index is 12.0. The summed E-state index contributed by atoms with van der Waals surface area (Å²) >= 11 is 0. The van der Waals surface area contributed by atoms with Gasteiger partial charge >= 0.3 is 11.9 Å². The van der Waals surface area contributed by atoms with Crippen molar-refractivity contribution in [3.8, 4) is 0 Å². The summed E-state index contributed by atoms with van der Waals surface area (Å²) in [6.45, 7) is 5.46. The van der Waals surface area contributed by atoms with Crippen molar-refractivity contribution >= 4 is 17.8 Å².